The van der Waals surface area contributed by atoms with Crippen molar-refractivity contribution in [3.8, 4) is 5.75 Å². The molecule has 0 heterocycles. The fourth-order valence-electron chi connectivity index (χ4n) is 2.49. The number of hydrogen-bond donors (Lipinski definition) is 1. The van der Waals surface area contributed by atoms with Crippen LogP contribution in [0.2, 0.25) is 0 Å². The molecule has 0 aromatic heterocycles. The van der Waals surface area contributed by atoms with Crippen LogP contribution in [-0.2, 0) is 9.53 Å². The van der Waals surface area contributed by atoms with E-state index in [0.717, 1.165) is 23.3 Å². The molecule has 0 radical (unpaired) electrons. The van der Waals surface area contributed by atoms with E-state index in [1.54, 1.807) is 6.08 Å². The maximum absolute atomic E-state index is 11.9. The van der Waals surface area contributed by atoms with Gasteiger partial charge in [0.15, 0.2) is 0 Å². The molecule has 0 aliphatic heterocycles. The Morgan fingerprint density at radius 3 is 2.62 bits per heavy atom. The van der Waals surface area contributed by atoms with Crippen LogP contribution in [0.5, 0.6) is 5.75 Å². The highest BCUT2D eigenvalue weighted by atomic mass is 16.5. The van der Waals surface area contributed by atoms with Crippen LogP contribution in [0.1, 0.15) is 37.5 Å². The van der Waals surface area contributed by atoms with Crippen molar-refractivity contribution in [1.29, 1.82) is 0 Å². The topological polar surface area (TPSA) is 47.6 Å². The van der Waals surface area contributed by atoms with Crippen LogP contribution >= 0.6 is 0 Å². The molecule has 4 heteroatoms. The number of benzene rings is 2. The van der Waals surface area contributed by atoms with Gasteiger partial charge in [0.05, 0.1) is 12.7 Å². The van der Waals surface area contributed by atoms with E-state index in [1.165, 1.54) is 6.08 Å². The van der Waals surface area contributed by atoms with Crippen molar-refractivity contribution in [2.75, 3.05) is 19.8 Å². The minimum atomic E-state index is -0.118. The molecule has 2 rings (SSSR count). The fraction of sp³-hybridized carbons (Fsp3) is 0.318. The predicted molar refractivity (Wildman–Crippen MR) is 105 cm³/mol. The molecule has 1 amide bonds. The number of carbonyl (C=O) groups excluding carboxylic acids is 1. The lowest BCUT2D eigenvalue weighted by molar-refractivity contribution is -0.116. The van der Waals surface area contributed by atoms with E-state index in [2.05, 4.69) is 17.4 Å². The highest BCUT2D eigenvalue weighted by Gasteiger charge is 2.04. The minimum absolute atomic E-state index is 0.0573. The Kier molecular flexibility index (Phi) is 8.43. The quantitative estimate of drug-likeness (QED) is 0.509. The molecule has 0 saturated carbocycles. The van der Waals surface area contributed by atoms with E-state index < -0.39 is 0 Å². The van der Waals surface area contributed by atoms with Gasteiger partial charge in [-0.3, -0.25) is 4.79 Å². The summed E-state index contributed by atoms with van der Waals surface area (Å²) >= 11 is 0. The summed E-state index contributed by atoms with van der Waals surface area (Å²) in [6.45, 7) is 5.75. The summed E-state index contributed by atoms with van der Waals surface area (Å²) in [7, 11) is 0. The number of nitrogens with one attached hydrogen (secondary N) is 1. The summed E-state index contributed by atoms with van der Waals surface area (Å²) in [6, 6.07) is 17.8. The maximum Gasteiger partial charge on any atom is 0.244 e. The Morgan fingerprint density at radius 1 is 1.12 bits per heavy atom. The van der Waals surface area contributed by atoms with Crippen molar-refractivity contribution in [3.05, 3.63) is 71.8 Å². The van der Waals surface area contributed by atoms with Crippen molar-refractivity contribution in [2.45, 2.75) is 26.4 Å². The van der Waals surface area contributed by atoms with Crippen LogP contribution < -0.4 is 10.1 Å². The van der Waals surface area contributed by atoms with Crippen LogP contribution in [0, 0.1) is 0 Å². The fourth-order valence-corrected chi connectivity index (χ4v) is 2.49. The smallest absolute Gasteiger partial charge is 0.244 e. The molecular formula is C22H27NO3. The Labute approximate surface area is 155 Å². The zero-order chi connectivity index (χ0) is 18.6. The van der Waals surface area contributed by atoms with Crippen LogP contribution in [0.3, 0.4) is 0 Å². The molecule has 0 spiro atoms. The molecule has 0 aliphatic carbocycles. The molecule has 0 fully saturated rings. The monoisotopic (exact) mass is 353 g/mol. The van der Waals surface area contributed by atoms with Gasteiger partial charge in [0, 0.05) is 24.8 Å². The zero-order valence-corrected chi connectivity index (χ0v) is 15.5. The molecule has 1 atom stereocenters. The number of carbonyl (C=O) groups is 1. The standard InChI is InChI=1S/C22H27NO3/c1-3-25-21-13-8-7-12-20(21)14-15-22(24)23-16-9-17-26-18(2)19-10-5-4-6-11-19/h4-8,10-15,18H,3,9,16-17H2,1-2H3,(H,23,24)/b15-14+. The van der Waals surface area contributed by atoms with Gasteiger partial charge >= 0.3 is 0 Å². The lowest BCUT2D eigenvalue weighted by Crippen LogP contribution is -2.23. The van der Waals surface area contributed by atoms with Crippen LogP contribution in [-0.4, -0.2) is 25.7 Å². The summed E-state index contributed by atoms with van der Waals surface area (Å²) in [5.41, 5.74) is 2.05. The minimum Gasteiger partial charge on any atom is -0.493 e. The third-order valence-electron chi connectivity index (χ3n) is 3.89. The normalized spacial score (nSPS) is 12.1. The van der Waals surface area contributed by atoms with Crippen molar-refractivity contribution < 1.29 is 14.3 Å². The van der Waals surface area contributed by atoms with E-state index in [1.807, 2.05) is 56.3 Å². The molecule has 26 heavy (non-hydrogen) atoms. The van der Waals surface area contributed by atoms with Gasteiger partial charge in [-0.1, -0.05) is 48.5 Å². The van der Waals surface area contributed by atoms with E-state index in [9.17, 15) is 4.79 Å². The SMILES string of the molecule is CCOc1ccccc1/C=C/C(=O)NCCCOC(C)c1ccccc1. The van der Waals surface area contributed by atoms with Gasteiger partial charge in [0.2, 0.25) is 5.91 Å². The first-order valence-electron chi connectivity index (χ1n) is 9.05. The predicted octanol–water partition coefficient (Wildman–Crippen LogP) is 4.38. The molecular weight excluding hydrogens is 326 g/mol. The second kappa shape index (κ2) is 11.1. The average Bonchev–Trinajstić information content (AvgIpc) is 2.68. The number of para-hydroxylation sites is 1. The Bertz CT molecular complexity index is 698. The third kappa shape index (κ3) is 6.73. The van der Waals surface area contributed by atoms with Gasteiger partial charge < -0.3 is 14.8 Å². The summed E-state index contributed by atoms with van der Waals surface area (Å²) in [4.78, 5) is 11.9. The second-order valence-corrected chi connectivity index (χ2v) is 5.87. The summed E-state index contributed by atoms with van der Waals surface area (Å²) in [5, 5.41) is 2.87. The molecule has 0 aliphatic rings. The molecule has 2 aromatic carbocycles. The molecule has 4 nitrogen and oxygen atoms in total. The number of hydrogen-bond acceptors (Lipinski definition) is 3. The summed E-state index contributed by atoms with van der Waals surface area (Å²) in [6.07, 6.45) is 4.13. The Morgan fingerprint density at radius 2 is 1.85 bits per heavy atom. The largest absolute Gasteiger partial charge is 0.493 e. The van der Waals surface area contributed by atoms with E-state index in [-0.39, 0.29) is 12.0 Å². The van der Waals surface area contributed by atoms with Crippen molar-refractivity contribution in [1.82, 2.24) is 5.32 Å². The highest BCUT2D eigenvalue weighted by Crippen LogP contribution is 2.19. The molecule has 1 unspecified atom stereocenters. The van der Waals surface area contributed by atoms with E-state index >= 15 is 0 Å². The first-order chi connectivity index (χ1) is 12.7. The summed E-state index contributed by atoms with van der Waals surface area (Å²) in [5.74, 6) is 0.662. The molecule has 0 saturated heterocycles. The lowest BCUT2D eigenvalue weighted by atomic mass is 10.1. The number of rotatable bonds is 10. The van der Waals surface area contributed by atoms with Gasteiger partial charge in [-0.2, -0.15) is 0 Å². The first kappa shape index (κ1) is 19.7. The number of amides is 1. The van der Waals surface area contributed by atoms with Gasteiger partial charge in [-0.15, -0.1) is 0 Å². The molecule has 2 aromatic rings. The van der Waals surface area contributed by atoms with Crippen LogP contribution in [0.15, 0.2) is 60.7 Å². The van der Waals surface area contributed by atoms with Crippen molar-refractivity contribution in [3.63, 3.8) is 0 Å². The number of ether oxygens (including phenoxy) is 2. The van der Waals surface area contributed by atoms with Gasteiger partial charge in [-0.05, 0) is 38.0 Å². The van der Waals surface area contributed by atoms with Crippen molar-refractivity contribution >= 4 is 12.0 Å². The third-order valence-corrected chi connectivity index (χ3v) is 3.89. The lowest BCUT2D eigenvalue weighted by Gasteiger charge is -2.13. The van der Waals surface area contributed by atoms with Gasteiger partial charge in [-0.25, -0.2) is 0 Å². The van der Waals surface area contributed by atoms with Crippen LogP contribution in [0.25, 0.3) is 6.08 Å². The van der Waals surface area contributed by atoms with E-state index in [0.29, 0.717) is 19.8 Å². The molecule has 0 bridgehead atoms. The summed E-state index contributed by atoms with van der Waals surface area (Å²) < 4.78 is 11.3. The molecule has 1 N–H and O–H groups in total. The van der Waals surface area contributed by atoms with Gasteiger partial charge in [0.1, 0.15) is 5.75 Å². The van der Waals surface area contributed by atoms with Crippen molar-refractivity contribution in [2.24, 2.45) is 0 Å². The molecule has 138 valence electrons. The zero-order valence-electron chi connectivity index (χ0n) is 15.5. The Hall–Kier alpha value is -2.59. The van der Waals surface area contributed by atoms with E-state index in [4.69, 9.17) is 9.47 Å². The average molecular weight is 353 g/mol. The van der Waals surface area contributed by atoms with Gasteiger partial charge in [0.25, 0.3) is 0 Å². The maximum atomic E-state index is 11.9. The highest BCUT2D eigenvalue weighted by molar-refractivity contribution is 5.92. The second-order valence-electron chi connectivity index (χ2n) is 5.87. The first-order valence-corrected chi connectivity index (χ1v) is 9.05. The van der Waals surface area contributed by atoms with Crippen LogP contribution in [0.4, 0.5) is 0 Å². The Balaban J connectivity index is 1.68.